The minimum Gasteiger partial charge on any atom is -0.477 e. The van der Waals surface area contributed by atoms with Crippen molar-refractivity contribution in [1.29, 1.82) is 0 Å². The normalized spacial score (nSPS) is 28.8. The van der Waals surface area contributed by atoms with Gasteiger partial charge in [0.25, 0.3) is 0 Å². The summed E-state index contributed by atoms with van der Waals surface area (Å²) in [6, 6.07) is -0.613. The number of thioether (sulfide) groups is 1. The van der Waals surface area contributed by atoms with E-state index in [2.05, 4.69) is 15.5 Å². The number of aromatic nitrogens is 2. The van der Waals surface area contributed by atoms with Crippen molar-refractivity contribution < 1.29 is 19.2 Å². The van der Waals surface area contributed by atoms with Crippen LogP contribution in [0.2, 0.25) is 0 Å². The number of nitrogens with one attached hydrogen (secondary N) is 1. The fourth-order valence-electron chi connectivity index (χ4n) is 3.86. The van der Waals surface area contributed by atoms with Gasteiger partial charge in [0.2, 0.25) is 11.8 Å². The fraction of sp³-hybridized carbons (Fsp3) is 0.600. The number of aliphatic carboxylic acids is 1. The second-order valence-corrected chi connectivity index (χ2v) is 7.64. The van der Waals surface area contributed by atoms with E-state index in [4.69, 9.17) is 10.3 Å². The number of nitrogens with two attached hydrogens (primary N) is 1. The van der Waals surface area contributed by atoms with Crippen molar-refractivity contribution in [1.82, 2.24) is 20.4 Å². The van der Waals surface area contributed by atoms with Gasteiger partial charge in [-0.2, -0.15) is 16.7 Å². The molecule has 0 bridgehead atoms. The van der Waals surface area contributed by atoms with Crippen LogP contribution in [0.3, 0.4) is 0 Å². The van der Waals surface area contributed by atoms with Crippen LogP contribution in [0.15, 0.2) is 15.8 Å². The van der Waals surface area contributed by atoms with E-state index >= 15 is 0 Å². The Kier molecular flexibility index (Phi) is 4.05. The molecule has 4 N–H and O–H groups in total. The number of rotatable bonds is 6. The van der Waals surface area contributed by atoms with Crippen molar-refractivity contribution in [2.75, 3.05) is 18.1 Å². The first-order valence-corrected chi connectivity index (χ1v) is 9.28. The number of β-lactam (4-membered cyclic amide) rings is 1. The van der Waals surface area contributed by atoms with Crippen LogP contribution in [-0.4, -0.2) is 62.2 Å². The molecule has 0 aromatic carbocycles. The molecule has 1 aromatic heterocycles. The Morgan fingerprint density at radius 3 is 3.08 bits per heavy atom. The number of aryl methyl sites for hydroxylation is 1. The molecule has 0 spiro atoms. The zero-order valence-electron chi connectivity index (χ0n) is 13.6. The lowest BCUT2D eigenvalue weighted by Crippen LogP contribution is -2.68. The highest BCUT2D eigenvalue weighted by Crippen LogP contribution is 2.43. The molecule has 0 radical (unpaired) electrons. The zero-order valence-corrected chi connectivity index (χ0v) is 14.5. The second kappa shape index (κ2) is 6.11. The SMILES string of the molecule is Cc1noc([C@@H](N)CSCC2=C(C(=O)O)N3C(=O)[C@H]4NC[C@@H](C2)[C@H]43)n1. The molecular weight excluding hydrogens is 346 g/mol. The quantitative estimate of drug-likeness (QED) is 0.578. The van der Waals surface area contributed by atoms with Gasteiger partial charge < -0.3 is 20.7 Å². The van der Waals surface area contributed by atoms with Gasteiger partial charge in [0.15, 0.2) is 5.82 Å². The Morgan fingerprint density at radius 1 is 1.60 bits per heavy atom. The van der Waals surface area contributed by atoms with Gasteiger partial charge in [-0.15, -0.1) is 0 Å². The van der Waals surface area contributed by atoms with Crippen molar-refractivity contribution in [3.63, 3.8) is 0 Å². The third-order valence-electron chi connectivity index (χ3n) is 4.95. The van der Waals surface area contributed by atoms with Gasteiger partial charge in [0.05, 0.1) is 12.1 Å². The lowest BCUT2D eigenvalue weighted by Gasteiger charge is -2.48. The molecule has 0 aliphatic carbocycles. The molecule has 2 saturated heterocycles. The summed E-state index contributed by atoms with van der Waals surface area (Å²) in [5.41, 5.74) is 6.99. The predicted molar refractivity (Wildman–Crippen MR) is 88.5 cm³/mol. The maximum absolute atomic E-state index is 12.2. The highest BCUT2D eigenvalue weighted by atomic mass is 32.2. The lowest BCUT2D eigenvalue weighted by molar-refractivity contribution is -0.153. The number of carboxylic acids is 1. The number of carbonyl (C=O) groups is 2. The average Bonchev–Trinajstić information content (AvgIpc) is 3.17. The number of carboxylic acid groups (broad SMARTS) is 1. The van der Waals surface area contributed by atoms with Crippen molar-refractivity contribution in [3.05, 3.63) is 23.0 Å². The molecule has 0 unspecified atom stereocenters. The van der Waals surface area contributed by atoms with E-state index in [9.17, 15) is 14.7 Å². The topological polar surface area (TPSA) is 135 Å². The molecule has 4 rings (SSSR count). The number of hydrogen-bond acceptors (Lipinski definition) is 8. The van der Waals surface area contributed by atoms with Crippen molar-refractivity contribution in [3.8, 4) is 0 Å². The lowest BCUT2D eigenvalue weighted by atomic mass is 9.80. The van der Waals surface area contributed by atoms with Crippen molar-refractivity contribution in [2.45, 2.75) is 31.5 Å². The summed E-state index contributed by atoms with van der Waals surface area (Å²) in [7, 11) is 0. The Morgan fingerprint density at radius 2 is 2.40 bits per heavy atom. The Hall–Kier alpha value is -1.91. The van der Waals surface area contributed by atoms with Gasteiger partial charge in [0.1, 0.15) is 11.7 Å². The number of carbonyl (C=O) groups excluding carboxylic acids is 1. The van der Waals surface area contributed by atoms with E-state index in [1.807, 2.05) is 0 Å². The molecule has 1 aromatic rings. The van der Waals surface area contributed by atoms with Gasteiger partial charge in [-0.1, -0.05) is 5.16 Å². The summed E-state index contributed by atoms with van der Waals surface area (Å²) in [5.74, 6) is 1.07. The van der Waals surface area contributed by atoms with Crippen LogP contribution in [0, 0.1) is 12.8 Å². The largest absolute Gasteiger partial charge is 0.477 e. The molecule has 2 fully saturated rings. The van der Waals surface area contributed by atoms with Crippen LogP contribution in [0.5, 0.6) is 0 Å². The smallest absolute Gasteiger partial charge is 0.352 e. The monoisotopic (exact) mass is 365 g/mol. The van der Waals surface area contributed by atoms with Crippen LogP contribution < -0.4 is 11.1 Å². The second-order valence-electron chi connectivity index (χ2n) is 6.61. The third kappa shape index (κ3) is 2.64. The van der Waals surface area contributed by atoms with E-state index in [0.717, 1.165) is 12.1 Å². The van der Waals surface area contributed by atoms with Crippen LogP contribution in [-0.2, 0) is 9.59 Å². The van der Waals surface area contributed by atoms with Crippen LogP contribution >= 0.6 is 11.8 Å². The highest BCUT2D eigenvalue weighted by molar-refractivity contribution is 7.99. The third-order valence-corrected chi connectivity index (χ3v) is 6.09. The van der Waals surface area contributed by atoms with Crippen molar-refractivity contribution >= 4 is 23.6 Å². The van der Waals surface area contributed by atoms with Gasteiger partial charge in [-0.05, 0) is 24.8 Å². The van der Waals surface area contributed by atoms with Crippen LogP contribution in [0.1, 0.15) is 24.2 Å². The number of amides is 1. The molecule has 4 atom stereocenters. The van der Waals surface area contributed by atoms with E-state index in [0.29, 0.717) is 29.6 Å². The molecule has 9 nitrogen and oxygen atoms in total. The first-order chi connectivity index (χ1) is 12.0. The molecular formula is C15H19N5O4S. The summed E-state index contributed by atoms with van der Waals surface area (Å²) < 4.78 is 5.06. The summed E-state index contributed by atoms with van der Waals surface area (Å²) in [5, 5.41) is 16.5. The standard InChI is InChI=1S/C15H19N5O4S/c1-6-18-13(24-19-6)9(16)5-25-4-8-2-7-3-17-10-11(7)20(14(10)21)12(8)15(22)23/h7,9-11,17H,2-5,16H2,1H3,(H,22,23)/t7-,9+,10+,11-/m1/s1. The minimum atomic E-state index is -1.04. The zero-order chi connectivity index (χ0) is 17.7. The molecule has 3 aliphatic heterocycles. The van der Waals surface area contributed by atoms with E-state index in [-0.39, 0.29) is 29.6 Å². The maximum Gasteiger partial charge on any atom is 0.352 e. The Bertz CT molecular complexity index is 763. The minimum absolute atomic E-state index is 0.00373. The first-order valence-electron chi connectivity index (χ1n) is 8.12. The highest BCUT2D eigenvalue weighted by Gasteiger charge is 2.59. The molecule has 25 heavy (non-hydrogen) atoms. The summed E-state index contributed by atoms with van der Waals surface area (Å²) in [6.07, 6.45) is 0.696. The van der Waals surface area contributed by atoms with Crippen molar-refractivity contribution in [2.24, 2.45) is 11.7 Å². The number of hydrogen-bond donors (Lipinski definition) is 3. The molecule has 3 aliphatic rings. The van der Waals surface area contributed by atoms with E-state index in [1.165, 1.54) is 16.7 Å². The molecule has 1 amide bonds. The van der Waals surface area contributed by atoms with Crippen LogP contribution in [0.25, 0.3) is 0 Å². The van der Waals surface area contributed by atoms with E-state index in [1.54, 1.807) is 6.92 Å². The fourth-order valence-corrected chi connectivity index (χ4v) is 4.88. The van der Waals surface area contributed by atoms with Gasteiger partial charge in [-0.25, -0.2) is 4.79 Å². The maximum atomic E-state index is 12.2. The molecule has 4 heterocycles. The van der Waals surface area contributed by atoms with Crippen LogP contribution in [0.4, 0.5) is 0 Å². The molecule has 0 saturated carbocycles. The number of nitrogens with zero attached hydrogens (tertiary/aromatic N) is 3. The Labute approximate surface area is 148 Å². The van der Waals surface area contributed by atoms with E-state index < -0.39 is 12.0 Å². The predicted octanol–water partition coefficient (Wildman–Crippen LogP) is -0.348. The molecule has 134 valence electrons. The first kappa shape index (κ1) is 16.6. The Balaban J connectivity index is 1.45. The average molecular weight is 365 g/mol. The summed E-state index contributed by atoms with van der Waals surface area (Å²) in [6.45, 7) is 2.47. The summed E-state index contributed by atoms with van der Waals surface area (Å²) >= 11 is 1.52. The van der Waals surface area contributed by atoms with Gasteiger partial charge in [0, 0.05) is 18.1 Å². The van der Waals surface area contributed by atoms with Gasteiger partial charge >= 0.3 is 5.97 Å². The molecule has 10 heteroatoms. The summed E-state index contributed by atoms with van der Waals surface area (Å²) in [4.78, 5) is 29.5. The van der Waals surface area contributed by atoms with Gasteiger partial charge in [-0.3, -0.25) is 9.69 Å².